The Morgan fingerprint density at radius 1 is 1.14 bits per heavy atom. The Morgan fingerprint density at radius 3 is 2.75 bits per heavy atom. The van der Waals surface area contributed by atoms with Crippen LogP contribution >= 0.6 is 11.8 Å². The van der Waals surface area contributed by atoms with E-state index in [2.05, 4.69) is 21.4 Å². The van der Waals surface area contributed by atoms with Crippen LogP contribution in [-0.4, -0.2) is 27.9 Å². The van der Waals surface area contributed by atoms with Gasteiger partial charge >= 0.3 is 0 Å². The number of amidine groups is 2. The molecule has 7 heteroatoms. The molecule has 2 atom stereocenters. The van der Waals surface area contributed by atoms with Crippen LogP contribution in [0.15, 0.2) is 58.5 Å². The Kier molecular flexibility index (Phi) is 5.00. The van der Waals surface area contributed by atoms with Gasteiger partial charge in [-0.15, -0.1) is 0 Å². The van der Waals surface area contributed by atoms with Gasteiger partial charge in [0.15, 0.2) is 5.17 Å². The number of aryl methyl sites for hydroxylation is 1. The molecule has 0 radical (unpaired) electrons. The minimum Gasteiger partial charge on any atom is -0.508 e. The van der Waals surface area contributed by atoms with Gasteiger partial charge < -0.3 is 10.4 Å². The van der Waals surface area contributed by atoms with Gasteiger partial charge in [0, 0.05) is 18.1 Å². The zero-order chi connectivity index (χ0) is 19.7. The summed E-state index contributed by atoms with van der Waals surface area (Å²) in [6.07, 6.45) is 0.153. The molecule has 2 amide bonds. The number of nitrogens with one attached hydrogen (secondary N) is 1. The van der Waals surface area contributed by atoms with E-state index in [1.165, 1.54) is 17.3 Å². The van der Waals surface area contributed by atoms with Crippen molar-refractivity contribution >= 4 is 34.6 Å². The molecule has 0 aliphatic carbocycles. The maximum atomic E-state index is 12.8. The highest BCUT2D eigenvalue weighted by atomic mass is 32.2. The summed E-state index contributed by atoms with van der Waals surface area (Å²) < 4.78 is 0. The van der Waals surface area contributed by atoms with Crippen LogP contribution in [0.5, 0.6) is 5.75 Å². The van der Waals surface area contributed by atoms with Gasteiger partial charge in [0.1, 0.15) is 17.5 Å². The van der Waals surface area contributed by atoms with E-state index in [4.69, 9.17) is 0 Å². The van der Waals surface area contributed by atoms with Gasteiger partial charge in [-0.1, -0.05) is 53.7 Å². The quantitative estimate of drug-likeness (QED) is 0.838. The molecule has 4 rings (SSSR count). The van der Waals surface area contributed by atoms with E-state index in [1.807, 2.05) is 25.1 Å². The largest absolute Gasteiger partial charge is 0.508 e. The van der Waals surface area contributed by atoms with E-state index in [0.717, 1.165) is 11.1 Å². The summed E-state index contributed by atoms with van der Waals surface area (Å²) in [4.78, 5) is 33.6. The van der Waals surface area contributed by atoms with Crippen LogP contribution < -0.4 is 5.32 Å². The van der Waals surface area contributed by atoms with Crippen molar-refractivity contribution in [2.24, 2.45) is 15.9 Å². The molecule has 0 spiro atoms. The number of aliphatic imine (C=N–C) groups is 2. The SMILES string of the molecule is Cc1cccc(CSC2=NC(=O)C3C(=N2)NC(=O)CC3c2cccc(O)c2)c1. The molecule has 0 saturated carbocycles. The molecule has 1 fully saturated rings. The third-order valence-corrected chi connectivity index (χ3v) is 5.72. The van der Waals surface area contributed by atoms with Crippen molar-refractivity contribution in [3.63, 3.8) is 0 Å². The molecular formula is C21H19N3O3S. The fraction of sp³-hybridized carbons (Fsp3) is 0.238. The minimum absolute atomic E-state index is 0.100. The number of amides is 2. The number of rotatable bonds is 3. The lowest BCUT2D eigenvalue weighted by Crippen LogP contribution is -2.49. The van der Waals surface area contributed by atoms with Crippen LogP contribution in [0, 0.1) is 12.8 Å². The Morgan fingerprint density at radius 2 is 1.96 bits per heavy atom. The maximum Gasteiger partial charge on any atom is 0.259 e. The van der Waals surface area contributed by atoms with Gasteiger partial charge in [0.25, 0.3) is 5.91 Å². The standard InChI is InChI=1S/C21H19N3O3S/c1-12-4-2-5-13(8-12)11-28-21-23-19-18(20(27)24-21)16(10-17(26)22-19)14-6-3-7-15(25)9-14/h2-9,16,18,25H,10-11H2,1H3,(H,22,23,24,26,27). The first-order chi connectivity index (χ1) is 13.5. The Hall–Kier alpha value is -2.93. The van der Waals surface area contributed by atoms with E-state index >= 15 is 0 Å². The number of phenols is 1. The Bertz CT molecular complexity index is 1020. The van der Waals surface area contributed by atoms with Gasteiger partial charge in [-0.25, -0.2) is 4.99 Å². The van der Waals surface area contributed by atoms with E-state index < -0.39 is 5.92 Å². The molecule has 0 bridgehead atoms. The van der Waals surface area contributed by atoms with Crippen molar-refractivity contribution in [2.45, 2.75) is 25.0 Å². The first kappa shape index (κ1) is 18.4. The zero-order valence-corrected chi connectivity index (χ0v) is 16.1. The normalized spacial score (nSPS) is 21.5. The van der Waals surface area contributed by atoms with Gasteiger partial charge in [-0.3, -0.25) is 9.59 Å². The number of nitrogens with zero attached hydrogens (tertiary/aromatic N) is 2. The van der Waals surface area contributed by atoms with Gasteiger partial charge in [0.05, 0.1) is 0 Å². The second-order valence-corrected chi connectivity index (χ2v) is 7.88. The van der Waals surface area contributed by atoms with Gasteiger partial charge in [-0.2, -0.15) is 4.99 Å². The summed E-state index contributed by atoms with van der Waals surface area (Å²) in [6, 6.07) is 14.8. The third kappa shape index (κ3) is 3.84. The third-order valence-electron chi connectivity index (χ3n) is 4.81. The van der Waals surface area contributed by atoms with Crippen molar-refractivity contribution in [3.05, 3.63) is 65.2 Å². The fourth-order valence-corrected chi connectivity index (χ4v) is 4.33. The Labute approximate surface area is 166 Å². The smallest absolute Gasteiger partial charge is 0.259 e. The summed E-state index contributed by atoms with van der Waals surface area (Å²) in [6.45, 7) is 2.03. The van der Waals surface area contributed by atoms with E-state index in [-0.39, 0.29) is 29.9 Å². The van der Waals surface area contributed by atoms with Crippen molar-refractivity contribution in [1.29, 1.82) is 0 Å². The lowest BCUT2D eigenvalue weighted by molar-refractivity contribution is -0.124. The molecule has 2 aliphatic rings. The van der Waals surface area contributed by atoms with Crippen molar-refractivity contribution in [2.75, 3.05) is 0 Å². The summed E-state index contributed by atoms with van der Waals surface area (Å²) in [5.74, 6) is -0.452. The van der Waals surface area contributed by atoms with Crippen molar-refractivity contribution in [1.82, 2.24) is 5.32 Å². The molecule has 2 aromatic carbocycles. The van der Waals surface area contributed by atoms with Crippen molar-refractivity contribution in [3.8, 4) is 5.75 Å². The highest BCUT2D eigenvalue weighted by molar-refractivity contribution is 8.13. The van der Waals surface area contributed by atoms with Crippen LogP contribution in [0.2, 0.25) is 0 Å². The second kappa shape index (κ2) is 7.59. The number of hydrogen-bond acceptors (Lipinski definition) is 5. The number of aromatic hydroxyl groups is 1. The monoisotopic (exact) mass is 393 g/mol. The summed E-state index contributed by atoms with van der Waals surface area (Å²) in [7, 11) is 0. The molecule has 2 heterocycles. The first-order valence-electron chi connectivity index (χ1n) is 8.98. The molecule has 0 aromatic heterocycles. The van der Waals surface area contributed by atoms with Crippen LogP contribution in [0.3, 0.4) is 0 Å². The molecule has 2 aliphatic heterocycles. The lowest BCUT2D eigenvalue weighted by Gasteiger charge is -2.32. The lowest BCUT2D eigenvalue weighted by atomic mass is 9.79. The average Bonchev–Trinajstić information content (AvgIpc) is 2.65. The fourth-order valence-electron chi connectivity index (χ4n) is 3.54. The molecule has 6 nitrogen and oxygen atoms in total. The molecular weight excluding hydrogens is 374 g/mol. The maximum absolute atomic E-state index is 12.8. The number of benzene rings is 2. The Balaban J connectivity index is 1.57. The highest BCUT2D eigenvalue weighted by Crippen LogP contribution is 2.36. The molecule has 1 saturated heterocycles. The number of hydrogen-bond donors (Lipinski definition) is 2. The molecule has 28 heavy (non-hydrogen) atoms. The average molecular weight is 393 g/mol. The van der Waals surface area contributed by atoms with Crippen LogP contribution in [0.25, 0.3) is 0 Å². The number of carbonyl (C=O) groups is 2. The van der Waals surface area contributed by atoms with Crippen molar-refractivity contribution < 1.29 is 14.7 Å². The number of fused-ring (bicyclic) bond motifs is 1. The second-order valence-electron chi connectivity index (χ2n) is 6.94. The number of piperidine rings is 1. The number of thioether (sulfide) groups is 1. The summed E-state index contributed by atoms with van der Waals surface area (Å²) >= 11 is 1.37. The van der Waals surface area contributed by atoms with Crippen LogP contribution in [-0.2, 0) is 15.3 Å². The number of phenolic OH excluding ortho intramolecular Hbond substituents is 1. The predicted molar refractivity (Wildman–Crippen MR) is 109 cm³/mol. The van der Waals surface area contributed by atoms with Crippen LogP contribution in [0.4, 0.5) is 0 Å². The molecule has 2 aromatic rings. The van der Waals surface area contributed by atoms with Gasteiger partial charge in [-0.05, 0) is 30.2 Å². The highest BCUT2D eigenvalue weighted by Gasteiger charge is 2.42. The predicted octanol–water partition coefficient (Wildman–Crippen LogP) is 3.15. The topological polar surface area (TPSA) is 91.1 Å². The first-order valence-corrected chi connectivity index (χ1v) is 9.96. The summed E-state index contributed by atoms with van der Waals surface area (Å²) in [5.41, 5.74) is 3.01. The zero-order valence-electron chi connectivity index (χ0n) is 15.3. The van der Waals surface area contributed by atoms with E-state index in [0.29, 0.717) is 16.8 Å². The van der Waals surface area contributed by atoms with Gasteiger partial charge in [0.2, 0.25) is 5.91 Å². The molecule has 2 unspecified atom stereocenters. The number of carbonyl (C=O) groups excluding carboxylic acids is 2. The molecule has 142 valence electrons. The summed E-state index contributed by atoms with van der Waals surface area (Å²) in [5, 5.41) is 12.9. The van der Waals surface area contributed by atoms with E-state index in [9.17, 15) is 14.7 Å². The van der Waals surface area contributed by atoms with Crippen LogP contribution in [0.1, 0.15) is 29.0 Å². The molecule has 2 N–H and O–H groups in total. The van der Waals surface area contributed by atoms with E-state index in [1.54, 1.807) is 24.3 Å². The minimum atomic E-state index is -0.636.